The van der Waals surface area contributed by atoms with Gasteiger partial charge in [0, 0.05) is 19.5 Å². The normalized spacial score (nSPS) is 24.9. The predicted octanol–water partition coefficient (Wildman–Crippen LogP) is 2.25. The Morgan fingerprint density at radius 2 is 1.96 bits per heavy atom. The van der Waals surface area contributed by atoms with E-state index >= 15 is 0 Å². The second-order valence-electron chi connectivity index (χ2n) is 7.13. The third-order valence-corrected chi connectivity index (χ3v) is 4.96. The number of benzene rings is 1. The van der Waals surface area contributed by atoms with E-state index in [0.29, 0.717) is 32.5 Å². The van der Waals surface area contributed by atoms with Crippen molar-refractivity contribution in [2.45, 2.75) is 51.4 Å². The first-order valence-corrected chi connectivity index (χ1v) is 8.95. The highest BCUT2D eigenvalue weighted by Crippen LogP contribution is 2.21. The molecule has 2 aliphatic rings. The first kappa shape index (κ1) is 17.9. The Morgan fingerprint density at radius 1 is 1.28 bits per heavy atom. The number of halogens is 1. The van der Waals surface area contributed by atoms with E-state index in [2.05, 4.69) is 5.32 Å². The van der Waals surface area contributed by atoms with E-state index in [9.17, 15) is 14.0 Å². The minimum absolute atomic E-state index is 0.0249. The van der Waals surface area contributed by atoms with Crippen molar-refractivity contribution in [3.63, 3.8) is 0 Å². The number of rotatable bonds is 4. The van der Waals surface area contributed by atoms with E-state index in [4.69, 9.17) is 4.74 Å². The molecule has 2 aliphatic heterocycles. The summed E-state index contributed by atoms with van der Waals surface area (Å²) in [6.45, 7) is 3.75. The molecule has 0 saturated carbocycles. The van der Waals surface area contributed by atoms with Gasteiger partial charge in [0.2, 0.25) is 11.8 Å². The third-order valence-electron chi connectivity index (χ3n) is 4.96. The monoisotopic (exact) mass is 348 g/mol. The van der Waals surface area contributed by atoms with Crippen molar-refractivity contribution < 1.29 is 18.7 Å². The molecule has 1 aromatic rings. The molecule has 6 heteroatoms. The van der Waals surface area contributed by atoms with Gasteiger partial charge in [-0.15, -0.1) is 0 Å². The second-order valence-corrected chi connectivity index (χ2v) is 7.13. The van der Waals surface area contributed by atoms with Crippen molar-refractivity contribution in [2.24, 2.45) is 5.92 Å². The Kier molecular flexibility index (Phi) is 5.68. The Labute approximate surface area is 147 Å². The number of ether oxygens (including phenoxy) is 1. The maximum atomic E-state index is 12.9. The maximum Gasteiger partial charge on any atom is 0.245 e. The van der Waals surface area contributed by atoms with Crippen LogP contribution in [0.15, 0.2) is 24.3 Å². The molecule has 2 saturated heterocycles. The lowest BCUT2D eigenvalue weighted by molar-refractivity contribution is -0.141. The van der Waals surface area contributed by atoms with Crippen LogP contribution in [0.3, 0.4) is 0 Å². The molecule has 1 aromatic carbocycles. The number of hydrogen-bond donors (Lipinski definition) is 1. The van der Waals surface area contributed by atoms with E-state index in [-0.39, 0.29) is 35.7 Å². The lowest BCUT2D eigenvalue weighted by atomic mass is 9.92. The van der Waals surface area contributed by atoms with E-state index in [0.717, 1.165) is 18.4 Å². The standard InChI is InChI=1S/C19H25FN2O3/c1-13-10-17(21-18(23)11-13)19(24)22-8-6-16(7-9-22)25-12-14-2-4-15(20)5-3-14/h2-5,13,16-17H,6-12H2,1H3,(H,21,23)/t13-,17-/m0/s1. The van der Waals surface area contributed by atoms with E-state index < -0.39 is 0 Å². The zero-order chi connectivity index (χ0) is 17.8. The maximum absolute atomic E-state index is 12.9. The van der Waals surface area contributed by atoms with Gasteiger partial charge in [-0.25, -0.2) is 4.39 Å². The van der Waals surface area contributed by atoms with Crippen LogP contribution in [0.1, 0.15) is 38.2 Å². The van der Waals surface area contributed by atoms with Gasteiger partial charge in [-0.3, -0.25) is 9.59 Å². The van der Waals surface area contributed by atoms with Crippen LogP contribution in [-0.4, -0.2) is 41.9 Å². The molecule has 0 radical (unpaired) electrons. The van der Waals surface area contributed by atoms with Gasteiger partial charge in [-0.2, -0.15) is 0 Å². The SMILES string of the molecule is C[C@@H]1CC(=O)N[C@H](C(=O)N2CCC(OCc3ccc(F)cc3)CC2)C1. The quantitative estimate of drug-likeness (QED) is 0.908. The van der Waals surface area contributed by atoms with Gasteiger partial charge in [0.15, 0.2) is 0 Å². The summed E-state index contributed by atoms with van der Waals surface area (Å²) < 4.78 is 18.8. The van der Waals surface area contributed by atoms with Gasteiger partial charge in [0.1, 0.15) is 11.9 Å². The molecular weight excluding hydrogens is 323 g/mol. The molecule has 25 heavy (non-hydrogen) atoms. The van der Waals surface area contributed by atoms with Crippen molar-refractivity contribution in [3.05, 3.63) is 35.6 Å². The number of likely N-dealkylation sites (tertiary alicyclic amines) is 1. The topological polar surface area (TPSA) is 58.6 Å². The predicted molar refractivity (Wildman–Crippen MR) is 91.1 cm³/mol. The molecule has 2 atom stereocenters. The summed E-state index contributed by atoms with van der Waals surface area (Å²) >= 11 is 0. The van der Waals surface area contributed by atoms with E-state index in [1.807, 2.05) is 11.8 Å². The minimum atomic E-state index is -0.382. The number of carbonyl (C=O) groups excluding carboxylic acids is 2. The largest absolute Gasteiger partial charge is 0.373 e. The van der Waals surface area contributed by atoms with Crippen molar-refractivity contribution in [1.82, 2.24) is 10.2 Å². The summed E-state index contributed by atoms with van der Waals surface area (Å²) in [5, 5.41) is 2.81. The Morgan fingerprint density at radius 3 is 2.60 bits per heavy atom. The van der Waals surface area contributed by atoms with Crippen LogP contribution in [0.2, 0.25) is 0 Å². The number of carbonyl (C=O) groups is 2. The van der Waals surface area contributed by atoms with Gasteiger partial charge in [0.05, 0.1) is 12.7 Å². The van der Waals surface area contributed by atoms with E-state index in [1.165, 1.54) is 12.1 Å². The molecule has 2 fully saturated rings. The number of nitrogens with zero attached hydrogens (tertiary/aromatic N) is 1. The van der Waals surface area contributed by atoms with E-state index in [1.54, 1.807) is 12.1 Å². The fraction of sp³-hybridized carbons (Fsp3) is 0.579. The van der Waals surface area contributed by atoms with Crippen molar-refractivity contribution in [3.8, 4) is 0 Å². The summed E-state index contributed by atoms with van der Waals surface area (Å²) in [5.41, 5.74) is 0.943. The summed E-state index contributed by atoms with van der Waals surface area (Å²) in [7, 11) is 0. The average molecular weight is 348 g/mol. The Bertz CT molecular complexity index is 612. The van der Waals surface area contributed by atoms with Crippen LogP contribution in [0.25, 0.3) is 0 Å². The fourth-order valence-electron chi connectivity index (χ4n) is 3.53. The molecule has 2 heterocycles. The van der Waals surface area contributed by atoms with Crippen molar-refractivity contribution >= 4 is 11.8 Å². The Balaban J connectivity index is 1.44. The molecule has 0 aliphatic carbocycles. The highest BCUT2D eigenvalue weighted by atomic mass is 19.1. The molecule has 5 nitrogen and oxygen atoms in total. The Hall–Kier alpha value is -1.95. The second kappa shape index (κ2) is 7.95. The molecule has 136 valence electrons. The first-order valence-electron chi connectivity index (χ1n) is 8.95. The van der Waals surface area contributed by atoms with Gasteiger partial charge >= 0.3 is 0 Å². The van der Waals surface area contributed by atoms with Gasteiger partial charge < -0.3 is 15.0 Å². The van der Waals surface area contributed by atoms with Crippen LogP contribution >= 0.6 is 0 Å². The van der Waals surface area contributed by atoms with Gasteiger partial charge in [0.25, 0.3) is 0 Å². The van der Waals surface area contributed by atoms with Crippen LogP contribution in [0, 0.1) is 11.7 Å². The minimum Gasteiger partial charge on any atom is -0.373 e. The highest BCUT2D eigenvalue weighted by Gasteiger charge is 2.33. The van der Waals surface area contributed by atoms with Crippen molar-refractivity contribution in [1.29, 1.82) is 0 Å². The summed E-state index contributed by atoms with van der Waals surface area (Å²) in [6, 6.07) is 5.92. The molecule has 3 rings (SSSR count). The van der Waals surface area contributed by atoms with Crippen LogP contribution < -0.4 is 5.32 Å². The molecule has 0 unspecified atom stereocenters. The zero-order valence-corrected chi connectivity index (χ0v) is 14.5. The van der Waals surface area contributed by atoms with Crippen LogP contribution in [0.5, 0.6) is 0 Å². The lowest BCUT2D eigenvalue weighted by Crippen LogP contribution is -2.54. The summed E-state index contributed by atoms with van der Waals surface area (Å²) in [5.74, 6) is -0.00882. The zero-order valence-electron chi connectivity index (χ0n) is 14.5. The molecule has 0 bridgehead atoms. The number of amides is 2. The highest BCUT2D eigenvalue weighted by molar-refractivity contribution is 5.88. The van der Waals surface area contributed by atoms with Gasteiger partial charge in [-0.05, 0) is 42.9 Å². The van der Waals surface area contributed by atoms with Crippen LogP contribution in [0.4, 0.5) is 4.39 Å². The smallest absolute Gasteiger partial charge is 0.245 e. The van der Waals surface area contributed by atoms with Crippen molar-refractivity contribution in [2.75, 3.05) is 13.1 Å². The fourth-order valence-corrected chi connectivity index (χ4v) is 3.53. The average Bonchev–Trinajstić information content (AvgIpc) is 2.60. The third kappa shape index (κ3) is 4.78. The number of piperidine rings is 2. The molecule has 0 aromatic heterocycles. The van der Waals surface area contributed by atoms with Crippen LogP contribution in [-0.2, 0) is 20.9 Å². The molecular formula is C19H25FN2O3. The number of hydrogen-bond acceptors (Lipinski definition) is 3. The lowest BCUT2D eigenvalue weighted by Gasteiger charge is -2.36. The summed E-state index contributed by atoms with van der Waals surface area (Å²) in [4.78, 5) is 26.1. The van der Waals surface area contributed by atoms with Gasteiger partial charge in [-0.1, -0.05) is 19.1 Å². The molecule has 0 spiro atoms. The summed E-state index contributed by atoms with van der Waals surface area (Å²) in [6.07, 6.45) is 2.88. The first-order chi connectivity index (χ1) is 12.0. The molecule has 2 amide bonds. The molecule has 1 N–H and O–H groups in total. The number of nitrogens with one attached hydrogen (secondary N) is 1.